The molecular weight excluding hydrogens is 358 g/mol. The molecule has 1 aliphatic heterocycles. The lowest BCUT2D eigenvalue weighted by Gasteiger charge is -2.27. The van der Waals surface area contributed by atoms with Gasteiger partial charge >= 0.3 is 0 Å². The number of thioether (sulfide) groups is 1. The predicted molar refractivity (Wildman–Crippen MR) is 100 cm³/mol. The molecule has 1 unspecified atom stereocenters. The molecule has 7 nitrogen and oxygen atoms in total. The molecular formula is C16H23N5O2S2. The largest absolute Gasteiger partial charge is 0.378 e. The molecule has 9 heteroatoms. The number of carbonyl (C=O) groups excluding carboxylic acids is 1. The van der Waals surface area contributed by atoms with Crippen molar-refractivity contribution in [1.82, 2.24) is 20.1 Å². The van der Waals surface area contributed by atoms with Gasteiger partial charge in [0.05, 0.1) is 25.0 Å². The number of hydrogen-bond donors (Lipinski definition) is 1. The smallest absolute Gasteiger partial charge is 0.233 e. The molecule has 0 aliphatic carbocycles. The van der Waals surface area contributed by atoms with Crippen molar-refractivity contribution in [1.29, 1.82) is 0 Å². The summed E-state index contributed by atoms with van der Waals surface area (Å²) in [6, 6.07) is 4.01. The van der Waals surface area contributed by atoms with Crippen molar-refractivity contribution in [3.63, 3.8) is 0 Å². The van der Waals surface area contributed by atoms with E-state index in [-0.39, 0.29) is 11.2 Å². The number of ether oxygens (including phenoxy) is 1. The van der Waals surface area contributed by atoms with Crippen LogP contribution in [-0.2, 0) is 22.6 Å². The summed E-state index contributed by atoms with van der Waals surface area (Å²) in [7, 11) is 0. The van der Waals surface area contributed by atoms with Gasteiger partial charge in [-0.2, -0.15) is 0 Å². The van der Waals surface area contributed by atoms with Crippen molar-refractivity contribution in [3.05, 3.63) is 22.4 Å². The summed E-state index contributed by atoms with van der Waals surface area (Å²) in [6.07, 6.45) is 0. The van der Waals surface area contributed by atoms with E-state index < -0.39 is 0 Å². The molecule has 1 atom stereocenters. The van der Waals surface area contributed by atoms with Crippen LogP contribution in [0.15, 0.2) is 22.7 Å². The average Bonchev–Trinajstić information content (AvgIpc) is 3.29. The lowest BCUT2D eigenvalue weighted by Crippen LogP contribution is -2.38. The molecule has 1 fully saturated rings. The van der Waals surface area contributed by atoms with Crippen molar-refractivity contribution < 1.29 is 9.53 Å². The Kier molecular flexibility index (Phi) is 6.33. The monoisotopic (exact) mass is 381 g/mol. The number of anilines is 1. The van der Waals surface area contributed by atoms with Crippen LogP contribution in [0.2, 0.25) is 0 Å². The maximum absolute atomic E-state index is 12.3. The van der Waals surface area contributed by atoms with Crippen LogP contribution < -0.4 is 10.2 Å². The van der Waals surface area contributed by atoms with Gasteiger partial charge in [-0.1, -0.05) is 17.8 Å². The Morgan fingerprint density at radius 3 is 2.92 bits per heavy atom. The Bertz CT molecular complexity index is 683. The lowest BCUT2D eigenvalue weighted by molar-refractivity contribution is -0.120. The Morgan fingerprint density at radius 1 is 1.44 bits per heavy atom. The van der Waals surface area contributed by atoms with Gasteiger partial charge in [-0.25, -0.2) is 0 Å². The number of nitrogens with one attached hydrogen (secondary N) is 1. The Labute approximate surface area is 155 Å². The molecule has 136 valence electrons. The standard InChI is InChI=1S/C16H23N5O2S2/c1-3-21-15(20-6-8-23-9-7-20)18-19-16(21)25-12(2)14(22)17-11-13-5-4-10-24-13/h4-5,10,12H,3,6-9,11H2,1-2H3,(H,17,22). The highest BCUT2D eigenvalue weighted by atomic mass is 32.2. The van der Waals surface area contributed by atoms with Gasteiger partial charge in [-0.3, -0.25) is 9.36 Å². The molecule has 1 N–H and O–H groups in total. The molecule has 0 saturated carbocycles. The SMILES string of the molecule is CCn1c(SC(C)C(=O)NCc2cccs2)nnc1N1CCOCC1. The minimum atomic E-state index is -0.230. The van der Waals surface area contributed by atoms with Gasteiger partial charge in [0.25, 0.3) is 0 Å². The molecule has 3 heterocycles. The number of nitrogens with zero attached hydrogens (tertiary/aromatic N) is 4. The average molecular weight is 382 g/mol. The van der Waals surface area contributed by atoms with Crippen LogP contribution in [0, 0.1) is 0 Å². The van der Waals surface area contributed by atoms with E-state index in [9.17, 15) is 4.79 Å². The van der Waals surface area contributed by atoms with E-state index in [2.05, 4.69) is 31.9 Å². The van der Waals surface area contributed by atoms with Crippen molar-refractivity contribution in [2.45, 2.75) is 37.3 Å². The van der Waals surface area contributed by atoms with Crippen LogP contribution in [0.3, 0.4) is 0 Å². The quantitative estimate of drug-likeness (QED) is 0.740. The normalized spacial score (nSPS) is 16.0. The fourth-order valence-electron chi connectivity index (χ4n) is 2.58. The zero-order chi connectivity index (χ0) is 17.6. The number of thiophene rings is 1. The van der Waals surface area contributed by atoms with E-state index in [0.717, 1.165) is 35.6 Å². The molecule has 0 aromatic carbocycles. The Hall–Kier alpha value is -1.58. The van der Waals surface area contributed by atoms with E-state index >= 15 is 0 Å². The summed E-state index contributed by atoms with van der Waals surface area (Å²) in [5.74, 6) is 0.872. The van der Waals surface area contributed by atoms with Gasteiger partial charge in [0.1, 0.15) is 0 Å². The van der Waals surface area contributed by atoms with E-state index in [1.165, 1.54) is 11.8 Å². The lowest BCUT2D eigenvalue weighted by atomic mass is 10.4. The number of amides is 1. The van der Waals surface area contributed by atoms with Gasteiger partial charge in [-0.05, 0) is 25.3 Å². The number of carbonyl (C=O) groups is 1. The fraction of sp³-hybridized carbons (Fsp3) is 0.562. The highest BCUT2D eigenvalue weighted by molar-refractivity contribution is 8.00. The predicted octanol–water partition coefficient (Wildman–Crippen LogP) is 1.99. The molecule has 0 spiro atoms. The van der Waals surface area contributed by atoms with Gasteiger partial charge < -0.3 is 15.0 Å². The maximum atomic E-state index is 12.3. The summed E-state index contributed by atoms with van der Waals surface area (Å²) >= 11 is 3.09. The number of morpholine rings is 1. The van der Waals surface area contributed by atoms with E-state index in [1.54, 1.807) is 11.3 Å². The summed E-state index contributed by atoms with van der Waals surface area (Å²) in [5, 5.41) is 14.2. The minimum Gasteiger partial charge on any atom is -0.378 e. The van der Waals surface area contributed by atoms with Crippen LogP contribution in [0.25, 0.3) is 0 Å². The van der Waals surface area contributed by atoms with E-state index in [4.69, 9.17) is 4.74 Å². The second-order valence-corrected chi connectivity index (χ2v) is 8.02. The molecule has 0 radical (unpaired) electrons. The van der Waals surface area contributed by atoms with Crippen molar-refractivity contribution >= 4 is 35.0 Å². The third-order valence-corrected chi connectivity index (χ3v) is 5.93. The zero-order valence-corrected chi connectivity index (χ0v) is 16.1. The second-order valence-electron chi connectivity index (χ2n) is 5.68. The Balaban J connectivity index is 1.61. The van der Waals surface area contributed by atoms with Gasteiger partial charge in [0.15, 0.2) is 5.16 Å². The Morgan fingerprint density at radius 2 is 2.24 bits per heavy atom. The van der Waals surface area contributed by atoms with Crippen molar-refractivity contribution in [2.75, 3.05) is 31.2 Å². The molecule has 1 amide bonds. The van der Waals surface area contributed by atoms with Crippen LogP contribution in [0.4, 0.5) is 5.95 Å². The van der Waals surface area contributed by atoms with E-state index in [1.807, 2.05) is 24.4 Å². The molecule has 2 aromatic rings. The molecule has 2 aromatic heterocycles. The van der Waals surface area contributed by atoms with Gasteiger partial charge in [0.2, 0.25) is 11.9 Å². The maximum Gasteiger partial charge on any atom is 0.233 e. The topological polar surface area (TPSA) is 72.3 Å². The van der Waals surface area contributed by atoms with Crippen molar-refractivity contribution in [2.24, 2.45) is 0 Å². The number of aromatic nitrogens is 3. The summed E-state index contributed by atoms with van der Waals surface area (Å²) < 4.78 is 7.47. The first kappa shape index (κ1) is 18.2. The summed E-state index contributed by atoms with van der Waals surface area (Å²) in [6.45, 7) is 8.36. The second kappa shape index (κ2) is 8.68. The highest BCUT2D eigenvalue weighted by Crippen LogP contribution is 2.26. The third kappa shape index (κ3) is 4.53. The highest BCUT2D eigenvalue weighted by Gasteiger charge is 2.23. The van der Waals surface area contributed by atoms with Crippen LogP contribution in [-0.4, -0.2) is 52.2 Å². The third-order valence-electron chi connectivity index (χ3n) is 3.98. The van der Waals surface area contributed by atoms with Crippen molar-refractivity contribution in [3.8, 4) is 0 Å². The summed E-state index contributed by atoms with van der Waals surface area (Å²) in [5.41, 5.74) is 0. The fourth-order valence-corrected chi connectivity index (χ4v) is 4.16. The molecule has 0 bridgehead atoms. The first-order chi connectivity index (χ1) is 12.2. The molecule has 1 saturated heterocycles. The van der Waals surface area contributed by atoms with Gasteiger partial charge in [0, 0.05) is 24.5 Å². The van der Waals surface area contributed by atoms with Gasteiger partial charge in [-0.15, -0.1) is 21.5 Å². The molecule has 1 aliphatic rings. The molecule has 3 rings (SSSR count). The van der Waals surface area contributed by atoms with E-state index in [0.29, 0.717) is 19.8 Å². The van der Waals surface area contributed by atoms with Crippen LogP contribution in [0.1, 0.15) is 18.7 Å². The van der Waals surface area contributed by atoms with Crippen LogP contribution >= 0.6 is 23.1 Å². The van der Waals surface area contributed by atoms with Crippen LogP contribution in [0.5, 0.6) is 0 Å². The first-order valence-corrected chi connectivity index (χ1v) is 10.2. The number of rotatable bonds is 7. The number of hydrogen-bond acceptors (Lipinski definition) is 7. The minimum absolute atomic E-state index is 0.0111. The summed E-state index contributed by atoms with van der Waals surface area (Å²) in [4.78, 5) is 15.7. The zero-order valence-electron chi connectivity index (χ0n) is 14.5. The molecule has 25 heavy (non-hydrogen) atoms. The first-order valence-electron chi connectivity index (χ1n) is 8.41.